The van der Waals surface area contributed by atoms with Crippen LogP contribution in [0.5, 0.6) is 0 Å². The lowest BCUT2D eigenvalue weighted by atomic mass is 10.2. The van der Waals surface area contributed by atoms with Gasteiger partial charge in [-0.15, -0.1) is 0 Å². The predicted molar refractivity (Wildman–Crippen MR) is 60.0 cm³/mol. The van der Waals surface area contributed by atoms with Crippen LogP contribution in [0.3, 0.4) is 0 Å². The van der Waals surface area contributed by atoms with Crippen LogP contribution >= 0.6 is 0 Å². The van der Waals surface area contributed by atoms with Crippen molar-refractivity contribution >= 4 is 12.1 Å². The average molecular weight is 229 g/mol. The molecule has 0 aromatic rings. The van der Waals surface area contributed by atoms with Crippen molar-refractivity contribution in [1.29, 1.82) is 0 Å². The second kappa shape index (κ2) is 6.15. The van der Waals surface area contributed by atoms with Gasteiger partial charge in [-0.2, -0.15) is 0 Å². The molecule has 0 bridgehead atoms. The second-order valence-electron chi connectivity index (χ2n) is 4.29. The van der Waals surface area contributed by atoms with Crippen LogP contribution < -0.4 is 5.32 Å². The summed E-state index contributed by atoms with van der Waals surface area (Å²) >= 11 is 0. The van der Waals surface area contributed by atoms with Gasteiger partial charge in [0.2, 0.25) is 0 Å². The average Bonchev–Trinajstić information content (AvgIpc) is 2.10. The molecule has 16 heavy (non-hydrogen) atoms. The zero-order valence-electron chi connectivity index (χ0n) is 10.2. The molecule has 0 aromatic carbocycles. The summed E-state index contributed by atoms with van der Waals surface area (Å²) in [5.41, 5.74) is -0.588. The third kappa shape index (κ3) is 6.86. The van der Waals surface area contributed by atoms with E-state index in [9.17, 15) is 9.59 Å². The number of alkyl carbamates (subject to hydrolysis) is 1. The molecular weight excluding hydrogens is 210 g/mol. The van der Waals surface area contributed by atoms with E-state index in [1.165, 1.54) is 13.0 Å². The van der Waals surface area contributed by atoms with E-state index in [-0.39, 0.29) is 6.61 Å². The van der Waals surface area contributed by atoms with Gasteiger partial charge in [0.1, 0.15) is 18.2 Å². The van der Waals surface area contributed by atoms with Crippen molar-refractivity contribution in [2.75, 3.05) is 6.61 Å². The Bertz CT molecular complexity index is 268. The fourth-order valence-corrected chi connectivity index (χ4v) is 0.809. The van der Waals surface area contributed by atoms with Gasteiger partial charge in [0.25, 0.3) is 0 Å². The summed E-state index contributed by atoms with van der Waals surface area (Å²) in [5, 5.41) is 2.38. The minimum absolute atomic E-state index is 0.124. The maximum absolute atomic E-state index is 11.3. The Hall–Kier alpha value is -1.52. The molecule has 0 aliphatic carbocycles. The Labute approximate surface area is 95.8 Å². The van der Waals surface area contributed by atoms with Crippen molar-refractivity contribution in [3.8, 4) is 0 Å². The Morgan fingerprint density at radius 1 is 1.44 bits per heavy atom. The number of rotatable bonds is 4. The first-order valence-electron chi connectivity index (χ1n) is 5.03. The Kier molecular flexibility index (Phi) is 5.56. The largest absolute Gasteiger partial charge is 0.460 e. The SMILES string of the molecule is C=CCOC(=O)[C@@H](C)NC(=O)OC(C)(C)C. The first-order chi connectivity index (χ1) is 7.26. The lowest BCUT2D eigenvalue weighted by molar-refractivity contribution is -0.144. The van der Waals surface area contributed by atoms with Gasteiger partial charge < -0.3 is 14.8 Å². The molecule has 0 spiro atoms. The van der Waals surface area contributed by atoms with Gasteiger partial charge in [-0.1, -0.05) is 12.7 Å². The number of ether oxygens (including phenoxy) is 2. The number of hydrogen-bond donors (Lipinski definition) is 1. The Balaban J connectivity index is 4.04. The van der Waals surface area contributed by atoms with Crippen molar-refractivity contribution in [3.05, 3.63) is 12.7 Å². The molecule has 5 nitrogen and oxygen atoms in total. The highest BCUT2D eigenvalue weighted by Gasteiger charge is 2.21. The molecule has 0 heterocycles. The molecule has 0 unspecified atom stereocenters. The molecule has 0 saturated carbocycles. The summed E-state index contributed by atoms with van der Waals surface area (Å²) in [6, 6.07) is -0.741. The second-order valence-corrected chi connectivity index (χ2v) is 4.29. The van der Waals surface area contributed by atoms with Gasteiger partial charge in [-0.25, -0.2) is 9.59 Å². The number of carbonyl (C=O) groups excluding carboxylic acids is 2. The van der Waals surface area contributed by atoms with Crippen molar-refractivity contribution in [2.24, 2.45) is 0 Å². The Morgan fingerprint density at radius 3 is 2.44 bits per heavy atom. The zero-order valence-corrected chi connectivity index (χ0v) is 10.2. The Morgan fingerprint density at radius 2 is 2.00 bits per heavy atom. The number of esters is 1. The van der Waals surface area contributed by atoms with Crippen LogP contribution in [0.4, 0.5) is 4.79 Å². The maximum atomic E-state index is 11.3. The van der Waals surface area contributed by atoms with E-state index in [1.807, 2.05) is 0 Å². The fraction of sp³-hybridized carbons (Fsp3) is 0.636. The monoisotopic (exact) mass is 229 g/mol. The van der Waals surface area contributed by atoms with Crippen LogP contribution in [0, 0.1) is 0 Å². The van der Waals surface area contributed by atoms with Crippen LogP contribution in [0.15, 0.2) is 12.7 Å². The minimum atomic E-state index is -0.741. The third-order valence-corrected chi connectivity index (χ3v) is 1.43. The van der Waals surface area contributed by atoms with Crippen LogP contribution in [0.25, 0.3) is 0 Å². The van der Waals surface area contributed by atoms with Gasteiger partial charge in [-0.3, -0.25) is 0 Å². The maximum Gasteiger partial charge on any atom is 0.408 e. The standard InChI is InChI=1S/C11H19NO4/c1-6-7-15-9(13)8(2)12-10(14)16-11(3,4)5/h6,8H,1,7H2,2-5H3,(H,12,14)/t8-/m1/s1. The molecule has 92 valence electrons. The van der Waals surface area contributed by atoms with E-state index < -0.39 is 23.7 Å². The molecule has 0 aromatic heterocycles. The topological polar surface area (TPSA) is 64.6 Å². The quantitative estimate of drug-likeness (QED) is 0.587. The third-order valence-electron chi connectivity index (χ3n) is 1.43. The molecule has 0 fully saturated rings. The molecule has 1 amide bonds. The first kappa shape index (κ1) is 14.5. The van der Waals surface area contributed by atoms with E-state index in [0.29, 0.717) is 0 Å². The van der Waals surface area contributed by atoms with Crippen LogP contribution in [-0.2, 0) is 14.3 Å². The van der Waals surface area contributed by atoms with Crippen LogP contribution in [0.1, 0.15) is 27.7 Å². The summed E-state index contributed by atoms with van der Waals surface area (Å²) in [6.45, 7) is 10.3. The molecule has 0 radical (unpaired) electrons. The number of carbonyl (C=O) groups is 2. The summed E-state index contributed by atoms with van der Waals surface area (Å²) < 4.78 is 9.74. The zero-order chi connectivity index (χ0) is 12.8. The normalized spacial score (nSPS) is 12.5. The van der Waals surface area contributed by atoms with Gasteiger partial charge in [0.05, 0.1) is 0 Å². The molecule has 0 aliphatic heterocycles. The molecule has 0 rings (SSSR count). The van der Waals surface area contributed by atoms with Crippen molar-refractivity contribution < 1.29 is 19.1 Å². The van der Waals surface area contributed by atoms with E-state index in [0.717, 1.165) is 0 Å². The summed E-state index contributed by atoms with van der Waals surface area (Å²) in [7, 11) is 0. The summed E-state index contributed by atoms with van der Waals surface area (Å²) in [6.07, 6.45) is 0.813. The van der Waals surface area contributed by atoms with Gasteiger partial charge >= 0.3 is 12.1 Å². The smallest absolute Gasteiger partial charge is 0.408 e. The minimum Gasteiger partial charge on any atom is -0.460 e. The fourth-order valence-electron chi connectivity index (χ4n) is 0.809. The summed E-state index contributed by atoms with van der Waals surface area (Å²) in [5.74, 6) is -0.522. The number of hydrogen-bond acceptors (Lipinski definition) is 4. The number of amides is 1. The van der Waals surface area contributed by atoms with Crippen molar-refractivity contribution in [3.63, 3.8) is 0 Å². The van der Waals surface area contributed by atoms with Gasteiger partial charge in [-0.05, 0) is 27.7 Å². The highest BCUT2D eigenvalue weighted by Crippen LogP contribution is 2.06. The van der Waals surface area contributed by atoms with E-state index >= 15 is 0 Å². The molecule has 0 saturated heterocycles. The molecule has 1 N–H and O–H groups in total. The molecular formula is C11H19NO4. The lowest BCUT2D eigenvalue weighted by Crippen LogP contribution is -2.42. The van der Waals surface area contributed by atoms with Crippen molar-refractivity contribution in [1.82, 2.24) is 5.32 Å². The van der Waals surface area contributed by atoms with E-state index in [4.69, 9.17) is 9.47 Å². The van der Waals surface area contributed by atoms with Gasteiger partial charge in [0, 0.05) is 0 Å². The first-order valence-corrected chi connectivity index (χ1v) is 5.03. The van der Waals surface area contributed by atoms with E-state index in [1.54, 1.807) is 20.8 Å². The number of nitrogens with one attached hydrogen (secondary N) is 1. The molecule has 5 heteroatoms. The van der Waals surface area contributed by atoms with Gasteiger partial charge in [0.15, 0.2) is 0 Å². The highest BCUT2D eigenvalue weighted by atomic mass is 16.6. The summed E-state index contributed by atoms with van der Waals surface area (Å²) in [4.78, 5) is 22.5. The molecule has 0 aliphatic rings. The highest BCUT2D eigenvalue weighted by molar-refractivity contribution is 5.81. The molecule has 1 atom stereocenters. The lowest BCUT2D eigenvalue weighted by Gasteiger charge is -2.21. The predicted octanol–water partition coefficient (Wildman–Crippen LogP) is 1.63. The van der Waals surface area contributed by atoms with Crippen LogP contribution in [0.2, 0.25) is 0 Å². The van der Waals surface area contributed by atoms with Crippen LogP contribution in [-0.4, -0.2) is 30.3 Å². The van der Waals surface area contributed by atoms with E-state index in [2.05, 4.69) is 11.9 Å². The van der Waals surface area contributed by atoms with Crippen molar-refractivity contribution in [2.45, 2.75) is 39.3 Å².